The number of fused-ring (bicyclic) bond motifs is 1. The molecule has 1 aromatic heterocycles. The molecule has 2 aromatic carbocycles. The average Bonchev–Trinajstić information content (AvgIpc) is 2.98. The van der Waals surface area contributed by atoms with E-state index in [9.17, 15) is 0 Å². The average molecular weight is 397 g/mol. The van der Waals surface area contributed by atoms with Gasteiger partial charge < -0.3 is 24.8 Å². The van der Waals surface area contributed by atoms with Gasteiger partial charge in [-0.25, -0.2) is 0 Å². The van der Waals surface area contributed by atoms with Crippen molar-refractivity contribution in [2.75, 3.05) is 0 Å². The van der Waals surface area contributed by atoms with Crippen molar-refractivity contribution in [3.63, 3.8) is 0 Å². The monoisotopic (exact) mass is 396 g/mol. The molecule has 125 valence electrons. The van der Waals surface area contributed by atoms with Crippen LogP contribution in [0.25, 0.3) is 10.8 Å². The first kappa shape index (κ1) is 22.8. The first-order valence-electron chi connectivity index (χ1n) is 7.43. The number of aromatic nitrogens is 1. The fraction of sp³-hybridized carbons (Fsp3) is 0.200. The van der Waals surface area contributed by atoms with Crippen molar-refractivity contribution in [1.82, 2.24) is 4.98 Å². The summed E-state index contributed by atoms with van der Waals surface area (Å²) in [7, 11) is 0. The van der Waals surface area contributed by atoms with Gasteiger partial charge in [0.2, 0.25) is 0 Å². The standard InChI is InChI=1S/C20H20N.2ClH.Cr/c1-3-4-14-20(2,19-11-7-8-15-21-19)18-13-12-16-9-5-6-10-17(16)18;;;/h3,5-13,15H,1,4,14H2,2H3;2*1H;/q-1;;;+3/p-2. The molecule has 0 amide bonds. The predicted octanol–water partition coefficient (Wildman–Crippen LogP) is -0.769. The predicted molar refractivity (Wildman–Crippen MR) is 89.7 cm³/mol. The number of hydrogen-bond donors (Lipinski definition) is 0. The summed E-state index contributed by atoms with van der Waals surface area (Å²) in [5, 5.41) is 2.63. The Morgan fingerprint density at radius 2 is 1.83 bits per heavy atom. The van der Waals surface area contributed by atoms with E-state index < -0.39 is 0 Å². The summed E-state index contributed by atoms with van der Waals surface area (Å²) in [6, 6.07) is 19.2. The minimum absolute atomic E-state index is 0. The molecule has 0 fully saturated rings. The number of nitrogens with zero attached hydrogens (tertiary/aromatic N) is 1. The molecule has 0 aliphatic heterocycles. The minimum Gasteiger partial charge on any atom is -1.00 e. The molecule has 1 heterocycles. The van der Waals surface area contributed by atoms with Gasteiger partial charge >= 0.3 is 17.4 Å². The van der Waals surface area contributed by atoms with E-state index in [1.165, 1.54) is 16.3 Å². The summed E-state index contributed by atoms with van der Waals surface area (Å²) in [6.07, 6.45) is 5.87. The Kier molecular flexibility index (Phi) is 9.48. The summed E-state index contributed by atoms with van der Waals surface area (Å²) >= 11 is 0. The van der Waals surface area contributed by atoms with Crippen LogP contribution in [0.15, 0.2) is 73.4 Å². The molecule has 1 unspecified atom stereocenters. The molecule has 0 spiro atoms. The van der Waals surface area contributed by atoms with E-state index in [0.717, 1.165) is 18.5 Å². The zero-order valence-corrected chi connectivity index (χ0v) is 16.4. The van der Waals surface area contributed by atoms with E-state index in [1.807, 2.05) is 18.3 Å². The molecule has 0 aliphatic rings. The van der Waals surface area contributed by atoms with E-state index in [-0.39, 0.29) is 47.6 Å². The van der Waals surface area contributed by atoms with Crippen LogP contribution in [0, 0.1) is 0 Å². The van der Waals surface area contributed by atoms with Crippen LogP contribution in [0.3, 0.4) is 0 Å². The van der Waals surface area contributed by atoms with Crippen LogP contribution in [-0.2, 0) is 22.8 Å². The maximum Gasteiger partial charge on any atom is 3.00 e. The third-order valence-corrected chi connectivity index (χ3v) is 4.35. The van der Waals surface area contributed by atoms with Crippen LogP contribution in [-0.4, -0.2) is 4.98 Å². The zero-order chi connectivity index (χ0) is 14.7. The molecule has 1 nitrogen and oxygen atoms in total. The van der Waals surface area contributed by atoms with E-state index in [2.05, 4.69) is 67.0 Å². The van der Waals surface area contributed by atoms with Crippen LogP contribution in [0.4, 0.5) is 0 Å². The van der Waals surface area contributed by atoms with Crippen LogP contribution in [0.2, 0.25) is 0 Å². The van der Waals surface area contributed by atoms with E-state index >= 15 is 0 Å². The largest absolute Gasteiger partial charge is 3.00 e. The van der Waals surface area contributed by atoms with Gasteiger partial charge in [-0.2, -0.15) is 0 Å². The molecular formula is C20H20Cl2CrN. The second-order valence-corrected chi connectivity index (χ2v) is 5.71. The second-order valence-electron chi connectivity index (χ2n) is 5.71. The van der Waals surface area contributed by atoms with Crippen molar-refractivity contribution in [2.45, 2.75) is 25.2 Å². The summed E-state index contributed by atoms with van der Waals surface area (Å²) in [5.74, 6) is 0. The van der Waals surface area contributed by atoms with Gasteiger partial charge in [-0.1, -0.05) is 25.1 Å². The van der Waals surface area contributed by atoms with Gasteiger partial charge in [-0.05, 0) is 30.4 Å². The molecule has 0 saturated heterocycles. The maximum absolute atomic E-state index is 4.63. The van der Waals surface area contributed by atoms with Gasteiger partial charge in [-0.15, -0.1) is 53.2 Å². The summed E-state index contributed by atoms with van der Waals surface area (Å²) in [5.41, 5.74) is 2.40. The Bertz CT molecular complexity index is 754. The number of allylic oxidation sites excluding steroid dienone is 1. The third kappa shape index (κ3) is 4.26. The van der Waals surface area contributed by atoms with Crippen molar-refractivity contribution in [3.8, 4) is 0 Å². The molecule has 0 bridgehead atoms. The van der Waals surface area contributed by atoms with Crippen molar-refractivity contribution < 1.29 is 42.2 Å². The minimum atomic E-state index is -0.0848. The number of pyridine rings is 1. The van der Waals surface area contributed by atoms with Gasteiger partial charge in [-0.3, -0.25) is 4.98 Å². The molecule has 0 aliphatic carbocycles. The maximum atomic E-state index is 4.63. The molecule has 1 atom stereocenters. The van der Waals surface area contributed by atoms with Crippen molar-refractivity contribution in [3.05, 3.63) is 84.7 Å². The van der Waals surface area contributed by atoms with Gasteiger partial charge in [0, 0.05) is 11.9 Å². The van der Waals surface area contributed by atoms with Gasteiger partial charge in [0.1, 0.15) is 0 Å². The van der Waals surface area contributed by atoms with Crippen LogP contribution >= 0.6 is 0 Å². The molecule has 4 heteroatoms. The van der Waals surface area contributed by atoms with E-state index in [0.29, 0.717) is 0 Å². The Morgan fingerprint density at radius 3 is 2.50 bits per heavy atom. The summed E-state index contributed by atoms with van der Waals surface area (Å²) in [6.45, 7) is 6.17. The topological polar surface area (TPSA) is 12.9 Å². The third-order valence-electron chi connectivity index (χ3n) is 4.35. The Morgan fingerprint density at radius 1 is 1.12 bits per heavy atom. The first-order valence-corrected chi connectivity index (χ1v) is 7.43. The molecule has 24 heavy (non-hydrogen) atoms. The van der Waals surface area contributed by atoms with Crippen molar-refractivity contribution >= 4 is 10.8 Å². The van der Waals surface area contributed by atoms with Gasteiger partial charge in [0.05, 0.1) is 0 Å². The second kappa shape index (κ2) is 9.97. The number of benzene rings is 1. The number of rotatable bonds is 5. The summed E-state index contributed by atoms with van der Waals surface area (Å²) < 4.78 is 0. The quantitative estimate of drug-likeness (QED) is 0.407. The van der Waals surface area contributed by atoms with Crippen LogP contribution in [0.1, 0.15) is 31.0 Å². The fourth-order valence-corrected chi connectivity index (χ4v) is 3.11. The Labute approximate surface area is 167 Å². The van der Waals surface area contributed by atoms with Crippen LogP contribution < -0.4 is 24.8 Å². The zero-order valence-electron chi connectivity index (χ0n) is 13.6. The molecule has 0 saturated carbocycles. The fourth-order valence-electron chi connectivity index (χ4n) is 3.11. The number of hydrogen-bond acceptors (Lipinski definition) is 1. The molecule has 1 radical (unpaired) electrons. The van der Waals surface area contributed by atoms with Gasteiger partial charge in [0.15, 0.2) is 0 Å². The van der Waals surface area contributed by atoms with Crippen molar-refractivity contribution in [1.29, 1.82) is 0 Å². The van der Waals surface area contributed by atoms with E-state index in [4.69, 9.17) is 0 Å². The van der Waals surface area contributed by atoms with Gasteiger partial charge in [0.25, 0.3) is 0 Å². The van der Waals surface area contributed by atoms with E-state index in [1.54, 1.807) is 0 Å². The molecule has 3 aromatic rings. The smallest absolute Gasteiger partial charge is 1.00 e. The first-order chi connectivity index (χ1) is 10.3. The SMILES string of the molecule is C=CCCC(C)(c1ccccn1)c1c[cH-]c2ccccc12.[Cl-].[Cl-].[Cr+3]. The normalized spacial score (nSPS) is 12.2. The number of halogens is 2. The van der Waals surface area contributed by atoms with Crippen molar-refractivity contribution in [2.24, 2.45) is 0 Å². The molecule has 0 N–H and O–H groups in total. The Hall–Kier alpha value is -1.17. The summed E-state index contributed by atoms with van der Waals surface area (Å²) in [4.78, 5) is 4.63. The molecule has 3 rings (SSSR count). The Balaban J connectivity index is 0.00000176. The van der Waals surface area contributed by atoms with Crippen LogP contribution in [0.5, 0.6) is 0 Å². The molecular weight excluding hydrogens is 377 g/mol.